The number of rotatable bonds is 9. The van der Waals surface area contributed by atoms with Crippen LogP contribution in [0.2, 0.25) is 15.1 Å². The minimum absolute atomic E-state index is 0.0466. The van der Waals surface area contributed by atoms with E-state index in [1.54, 1.807) is 19.2 Å². The fraction of sp³-hybridized carbons (Fsp3) is 0.368. The lowest BCUT2D eigenvalue weighted by Crippen LogP contribution is -2.31. The fourth-order valence-electron chi connectivity index (χ4n) is 2.40. The number of hydrogen-bond donors (Lipinski definition) is 2. The SMILES string of the molecule is CC[C@H](CO)NCc1cc(Cl)c(OCc2ccc(Cl)c(Cl)c2)c(OC)c1. The summed E-state index contributed by atoms with van der Waals surface area (Å²) in [5, 5.41) is 14.0. The van der Waals surface area contributed by atoms with Gasteiger partial charge in [-0.25, -0.2) is 0 Å². The maximum Gasteiger partial charge on any atom is 0.180 e. The first-order valence-corrected chi connectivity index (χ1v) is 9.39. The van der Waals surface area contributed by atoms with Crippen LogP contribution in [0.3, 0.4) is 0 Å². The molecular weight excluding hydrogens is 397 g/mol. The molecule has 0 spiro atoms. The molecule has 2 N–H and O–H groups in total. The third-order valence-electron chi connectivity index (χ3n) is 3.96. The molecule has 2 rings (SSSR count). The van der Waals surface area contributed by atoms with Gasteiger partial charge in [0, 0.05) is 12.6 Å². The highest BCUT2D eigenvalue weighted by molar-refractivity contribution is 6.42. The second-order valence-corrected chi connectivity index (χ2v) is 7.04. The molecule has 0 saturated heterocycles. The number of hydrogen-bond acceptors (Lipinski definition) is 4. The Morgan fingerprint density at radius 2 is 1.77 bits per heavy atom. The molecule has 0 radical (unpaired) electrons. The van der Waals surface area contributed by atoms with Crippen LogP contribution in [-0.2, 0) is 13.2 Å². The van der Waals surface area contributed by atoms with Gasteiger partial charge >= 0.3 is 0 Å². The molecule has 0 aromatic heterocycles. The minimum atomic E-state index is 0.0466. The Bertz CT molecular complexity index is 736. The van der Waals surface area contributed by atoms with E-state index in [0.717, 1.165) is 17.5 Å². The first kappa shape index (κ1) is 21.1. The molecule has 0 amide bonds. The van der Waals surface area contributed by atoms with Crippen molar-refractivity contribution in [3.63, 3.8) is 0 Å². The van der Waals surface area contributed by atoms with E-state index in [4.69, 9.17) is 44.3 Å². The van der Waals surface area contributed by atoms with Gasteiger partial charge in [-0.15, -0.1) is 0 Å². The molecular formula is C19H22Cl3NO3. The van der Waals surface area contributed by atoms with E-state index in [0.29, 0.717) is 33.1 Å². The van der Waals surface area contributed by atoms with Crippen molar-refractivity contribution in [2.75, 3.05) is 13.7 Å². The largest absolute Gasteiger partial charge is 0.493 e. The topological polar surface area (TPSA) is 50.7 Å². The van der Waals surface area contributed by atoms with Crippen molar-refractivity contribution >= 4 is 34.8 Å². The third-order valence-corrected chi connectivity index (χ3v) is 4.98. The summed E-state index contributed by atoms with van der Waals surface area (Å²) in [5.74, 6) is 1.02. The molecule has 1 atom stereocenters. The molecule has 0 saturated carbocycles. The van der Waals surface area contributed by atoms with Crippen molar-refractivity contribution in [3.8, 4) is 11.5 Å². The molecule has 0 heterocycles. The Kier molecular flexibility index (Phi) is 8.32. The number of nitrogens with one attached hydrogen (secondary N) is 1. The molecule has 4 nitrogen and oxygen atoms in total. The van der Waals surface area contributed by atoms with Gasteiger partial charge in [-0.3, -0.25) is 0 Å². The van der Waals surface area contributed by atoms with Crippen molar-refractivity contribution in [2.24, 2.45) is 0 Å². The van der Waals surface area contributed by atoms with E-state index in [1.807, 2.05) is 25.1 Å². The highest BCUT2D eigenvalue weighted by Crippen LogP contribution is 2.37. The second-order valence-electron chi connectivity index (χ2n) is 5.81. The van der Waals surface area contributed by atoms with Gasteiger partial charge in [0.05, 0.1) is 28.8 Å². The van der Waals surface area contributed by atoms with Crippen LogP contribution in [0.1, 0.15) is 24.5 Å². The highest BCUT2D eigenvalue weighted by atomic mass is 35.5. The molecule has 0 bridgehead atoms. The zero-order chi connectivity index (χ0) is 19.1. The molecule has 0 aliphatic heterocycles. The van der Waals surface area contributed by atoms with Crippen LogP contribution >= 0.6 is 34.8 Å². The van der Waals surface area contributed by atoms with Crippen LogP contribution in [0, 0.1) is 0 Å². The number of aliphatic hydroxyl groups is 1. The van der Waals surface area contributed by atoms with E-state index in [9.17, 15) is 5.11 Å². The standard InChI is InChI=1S/C19H22Cl3NO3/c1-3-14(10-24)23-9-13-7-17(22)19(18(8-13)25-2)26-11-12-4-5-15(20)16(21)6-12/h4-8,14,23-24H,3,9-11H2,1-2H3/t14-/m1/s1. The van der Waals surface area contributed by atoms with Gasteiger partial charge in [0.15, 0.2) is 11.5 Å². The van der Waals surface area contributed by atoms with Gasteiger partial charge in [-0.2, -0.15) is 0 Å². The van der Waals surface area contributed by atoms with E-state index in [2.05, 4.69) is 5.32 Å². The van der Waals surface area contributed by atoms with E-state index in [1.165, 1.54) is 0 Å². The third kappa shape index (κ3) is 5.66. The molecule has 2 aromatic rings. The molecule has 0 aliphatic rings. The van der Waals surface area contributed by atoms with Crippen LogP contribution in [0.4, 0.5) is 0 Å². The Labute approximate surface area is 169 Å². The zero-order valence-electron chi connectivity index (χ0n) is 14.7. The summed E-state index contributed by atoms with van der Waals surface area (Å²) in [4.78, 5) is 0. The number of benzene rings is 2. The second kappa shape index (κ2) is 10.2. The molecule has 2 aromatic carbocycles. The molecule has 7 heteroatoms. The molecule has 0 fully saturated rings. The first-order chi connectivity index (χ1) is 12.5. The van der Waals surface area contributed by atoms with Crippen LogP contribution in [0.15, 0.2) is 30.3 Å². The molecule has 26 heavy (non-hydrogen) atoms. The van der Waals surface area contributed by atoms with Crippen molar-refractivity contribution in [3.05, 3.63) is 56.5 Å². The number of aliphatic hydroxyl groups excluding tert-OH is 1. The van der Waals surface area contributed by atoms with Crippen molar-refractivity contribution in [1.29, 1.82) is 0 Å². The zero-order valence-corrected chi connectivity index (χ0v) is 17.0. The van der Waals surface area contributed by atoms with Crippen LogP contribution < -0.4 is 14.8 Å². The Hall–Kier alpha value is -1.17. The maximum absolute atomic E-state index is 9.27. The summed E-state index contributed by atoms with van der Waals surface area (Å²) in [6.45, 7) is 2.96. The maximum atomic E-state index is 9.27. The summed E-state index contributed by atoms with van der Waals surface area (Å²) >= 11 is 18.3. The lowest BCUT2D eigenvalue weighted by atomic mass is 10.1. The monoisotopic (exact) mass is 417 g/mol. The van der Waals surface area contributed by atoms with E-state index in [-0.39, 0.29) is 19.3 Å². The van der Waals surface area contributed by atoms with E-state index >= 15 is 0 Å². The highest BCUT2D eigenvalue weighted by Gasteiger charge is 2.13. The summed E-state index contributed by atoms with van der Waals surface area (Å²) in [6, 6.07) is 9.06. The van der Waals surface area contributed by atoms with Crippen LogP contribution in [0.25, 0.3) is 0 Å². The summed E-state index contributed by atoms with van der Waals surface area (Å²) < 4.78 is 11.3. The van der Waals surface area contributed by atoms with Crippen molar-refractivity contribution in [1.82, 2.24) is 5.32 Å². The Balaban J connectivity index is 2.11. The average molecular weight is 419 g/mol. The average Bonchev–Trinajstić information content (AvgIpc) is 2.64. The smallest absolute Gasteiger partial charge is 0.180 e. The fourth-order valence-corrected chi connectivity index (χ4v) is 3.01. The normalized spacial score (nSPS) is 12.1. The quantitative estimate of drug-likeness (QED) is 0.595. The number of ether oxygens (including phenoxy) is 2. The van der Waals surface area contributed by atoms with Gasteiger partial charge in [-0.05, 0) is 41.8 Å². The Morgan fingerprint density at radius 3 is 2.38 bits per heavy atom. The van der Waals surface area contributed by atoms with Crippen LogP contribution in [0.5, 0.6) is 11.5 Å². The summed E-state index contributed by atoms with van der Waals surface area (Å²) in [6.07, 6.45) is 0.839. The number of methoxy groups -OCH3 is 1. The molecule has 0 aliphatic carbocycles. The molecule has 0 unspecified atom stereocenters. The van der Waals surface area contributed by atoms with Crippen molar-refractivity contribution in [2.45, 2.75) is 32.5 Å². The summed E-state index contributed by atoms with van der Waals surface area (Å²) in [5.41, 5.74) is 1.82. The lowest BCUT2D eigenvalue weighted by Gasteiger charge is -2.17. The summed E-state index contributed by atoms with van der Waals surface area (Å²) in [7, 11) is 1.57. The van der Waals surface area contributed by atoms with Gasteiger partial charge in [-0.1, -0.05) is 47.8 Å². The van der Waals surface area contributed by atoms with Gasteiger partial charge in [0.2, 0.25) is 0 Å². The molecule has 142 valence electrons. The number of halogens is 3. The van der Waals surface area contributed by atoms with Crippen LogP contribution in [-0.4, -0.2) is 24.9 Å². The predicted octanol–water partition coefficient (Wildman–Crippen LogP) is 5.09. The van der Waals surface area contributed by atoms with Gasteiger partial charge in [0.1, 0.15) is 6.61 Å². The van der Waals surface area contributed by atoms with Gasteiger partial charge < -0.3 is 19.9 Å². The van der Waals surface area contributed by atoms with Gasteiger partial charge in [0.25, 0.3) is 0 Å². The van der Waals surface area contributed by atoms with Crippen molar-refractivity contribution < 1.29 is 14.6 Å². The first-order valence-electron chi connectivity index (χ1n) is 8.25. The lowest BCUT2D eigenvalue weighted by molar-refractivity contribution is 0.238. The minimum Gasteiger partial charge on any atom is -0.493 e. The Morgan fingerprint density at radius 1 is 1.04 bits per heavy atom. The van der Waals surface area contributed by atoms with E-state index < -0.39 is 0 Å². The predicted molar refractivity (Wildman–Crippen MR) is 107 cm³/mol.